The van der Waals surface area contributed by atoms with Crippen LogP contribution in [-0.4, -0.2) is 23.1 Å². The summed E-state index contributed by atoms with van der Waals surface area (Å²) in [4.78, 5) is 14.4. The molecule has 0 radical (unpaired) electrons. The summed E-state index contributed by atoms with van der Waals surface area (Å²) < 4.78 is 0. The third-order valence-electron chi connectivity index (χ3n) is 1.67. The fourth-order valence-corrected chi connectivity index (χ4v) is 0.880. The number of aliphatic carboxylic acids is 1. The Bertz CT molecular complexity index is 297. The number of hydrogen-bond donors (Lipinski definition) is 3. The van der Waals surface area contributed by atoms with Gasteiger partial charge in [-0.2, -0.15) is 0 Å². The highest BCUT2D eigenvalue weighted by Gasteiger charge is 2.13. The van der Waals surface area contributed by atoms with Gasteiger partial charge in [0, 0.05) is 13.2 Å². The normalized spacial score (nSPS) is 12.2. The van der Waals surface area contributed by atoms with E-state index in [0.29, 0.717) is 11.4 Å². The zero-order valence-electron chi connectivity index (χ0n) is 7.19. The Morgan fingerprint density at radius 2 is 2.38 bits per heavy atom. The molecule has 4 N–H and O–H groups in total. The van der Waals surface area contributed by atoms with E-state index in [-0.39, 0.29) is 0 Å². The molecule has 0 amide bonds. The number of rotatable bonds is 3. The van der Waals surface area contributed by atoms with E-state index >= 15 is 0 Å². The van der Waals surface area contributed by atoms with Crippen LogP contribution in [0.25, 0.3) is 0 Å². The molecule has 1 aromatic rings. The van der Waals surface area contributed by atoms with E-state index in [1.807, 2.05) is 0 Å². The zero-order valence-corrected chi connectivity index (χ0v) is 7.19. The molecule has 0 saturated heterocycles. The fraction of sp³-hybridized carbons (Fsp3) is 0.250. The van der Waals surface area contributed by atoms with Gasteiger partial charge in [-0.1, -0.05) is 6.07 Å². The van der Waals surface area contributed by atoms with Crippen LogP contribution < -0.4 is 11.1 Å². The Morgan fingerprint density at radius 3 is 2.77 bits per heavy atom. The van der Waals surface area contributed by atoms with Crippen LogP contribution >= 0.6 is 0 Å². The second-order valence-corrected chi connectivity index (χ2v) is 2.54. The van der Waals surface area contributed by atoms with Crippen molar-refractivity contribution in [3.05, 3.63) is 23.9 Å². The number of pyridine rings is 1. The van der Waals surface area contributed by atoms with Crippen molar-refractivity contribution in [2.45, 2.75) is 6.04 Å². The summed E-state index contributed by atoms with van der Waals surface area (Å²) in [5.74, 6) is -0.375. The van der Waals surface area contributed by atoms with Gasteiger partial charge in [0.1, 0.15) is 11.9 Å². The summed E-state index contributed by atoms with van der Waals surface area (Å²) in [6.45, 7) is 0. The number of nitrogens with zero attached hydrogens (tertiary/aromatic N) is 1. The number of carboxylic acids is 1. The Hall–Kier alpha value is -1.62. The lowest BCUT2D eigenvalue weighted by atomic mass is 10.1. The number of anilines is 1. The van der Waals surface area contributed by atoms with Gasteiger partial charge in [0.15, 0.2) is 0 Å². The van der Waals surface area contributed by atoms with Crippen LogP contribution in [0.5, 0.6) is 0 Å². The summed E-state index contributed by atoms with van der Waals surface area (Å²) in [5.41, 5.74) is 5.86. The number of aromatic nitrogens is 1. The van der Waals surface area contributed by atoms with Crippen LogP contribution in [0.4, 0.5) is 5.82 Å². The summed E-state index contributed by atoms with van der Waals surface area (Å²) >= 11 is 0. The van der Waals surface area contributed by atoms with E-state index in [4.69, 9.17) is 10.8 Å². The maximum atomic E-state index is 10.5. The first-order valence-electron chi connectivity index (χ1n) is 3.77. The predicted octanol–water partition coefficient (Wildman–Crippen LogP) is 0.208. The van der Waals surface area contributed by atoms with Gasteiger partial charge in [-0.15, -0.1) is 0 Å². The van der Waals surface area contributed by atoms with Gasteiger partial charge in [0.2, 0.25) is 0 Å². The van der Waals surface area contributed by atoms with Crippen LogP contribution in [0, 0.1) is 0 Å². The van der Waals surface area contributed by atoms with E-state index in [1.165, 1.54) is 6.20 Å². The van der Waals surface area contributed by atoms with E-state index in [0.717, 1.165) is 0 Å². The number of hydrogen-bond acceptors (Lipinski definition) is 4. The molecule has 0 fully saturated rings. The Balaban J connectivity index is 2.85. The quantitative estimate of drug-likeness (QED) is 0.620. The Morgan fingerprint density at radius 1 is 1.69 bits per heavy atom. The highest BCUT2D eigenvalue weighted by Crippen LogP contribution is 2.11. The molecule has 0 aliphatic rings. The van der Waals surface area contributed by atoms with E-state index in [9.17, 15) is 4.79 Å². The molecule has 1 heterocycles. The topological polar surface area (TPSA) is 88.2 Å². The van der Waals surface area contributed by atoms with Gasteiger partial charge < -0.3 is 16.2 Å². The first-order chi connectivity index (χ1) is 6.15. The van der Waals surface area contributed by atoms with Crippen molar-refractivity contribution >= 4 is 11.8 Å². The van der Waals surface area contributed by atoms with E-state index in [1.54, 1.807) is 19.2 Å². The third kappa shape index (κ3) is 2.16. The molecule has 0 saturated carbocycles. The van der Waals surface area contributed by atoms with Crippen molar-refractivity contribution < 1.29 is 9.90 Å². The third-order valence-corrected chi connectivity index (χ3v) is 1.67. The van der Waals surface area contributed by atoms with Crippen molar-refractivity contribution in [2.24, 2.45) is 5.73 Å². The lowest BCUT2D eigenvalue weighted by Gasteiger charge is -2.06. The molecule has 0 aliphatic heterocycles. The monoisotopic (exact) mass is 181 g/mol. The van der Waals surface area contributed by atoms with Crippen molar-refractivity contribution in [3.8, 4) is 0 Å². The molecular weight excluding hydrogens is 170 g/mol. The molecule has 1 unspecified atom stereocenters. The highest BCUT2D eigenvalue weighted by atomic mass is 16.4. The van der Waals surface area contributed by atoms with Gasteiger partial charge in [-0.25, -0.2) is 4.98 Å². The molecular formula is C8H11N3O2. The van der Waals surface area contributed by atoms with Gasteiger partial charge in [0.25, 0.3) is 0 Å². The highest BCUT2D eigenvalue weighted by molar-refractivity contribution is 5.75. The van der Waals surface area contributed by atoms with Crippen molar-refractivity contribution in [1.82, 2.24) is 4.98 Å². The zero-order chi connectivity index (χ0) is 9.84. The maximum Gasteiger partial charge on any atom is 0.325 e. The van der Waals surface area contributed by atoms with Crippen LogP contribution in [0.15, 0.2) is 18.3 Å². The summed E-state index contributed by atoms with van der Waals surface area (Å²) in [7, 11) is 1.74. The first-order valence-corrected chi connectivity index (χ1v) is 3.77. The predicted molar refractivity (Wildman–Crippen MR) is 48.3 cm³/mol. The molecule has 0 aliphatic carbocycles. The number of carboxylic acid groups (broad SMARTS) is 1. The Labute approximate surface area is 75.6 Å². The van der Waals surface area contributed by atoms with Gasteiger partial charge in [-0.3, -0.25) is 4.79 Å². The summed E-state index contributed by atoms with van der Waals surface area (Å²) in [5, 5.41) is 11.4. The van der Waals surface area contributed by atoms with Crippen molar-refractivity contribution in [2.75, 3.05) is 12.4 Å². The molecule has 70 valence electrons. The molecule has 5 heteroatoms. The fourth-order valence-electron chi connectivity index (χ4n) is 0.880. The number of nitrogens with one attached hydrogen (secondary N) is 1. The average molecular weight is 181 g/mol. The second kappa shape index (κ2) is 3.86. The smallest absolute Gasteiger partial charge is 0.325 e. The summed E-state index contributed by atoms with van der Waals surface area (Å²) in [6.07, 6.45) is 1.45. The minimum absolute atomic E-state index is 0.492. The van der Waals surface area contributed by atoms with Crippen molar-refractivity contribution in [3.63, 3.8) is 0 Å². The Kier molecular flexibility index (Phi) is 2.81. The number of carbonyl (C=O) groups is 1. The van der Waals surface area contributed by atoms with Crippen LogP contribution in [0.3, 0.4) is 0 Å². The molecule has 0 bridgehead atoms. The van der Waals surface area contributed by atoms with Crippen LogP contribution in [-0.2, 0) is 4.79 Å². The van der Waals surface area contributed by atoms with Gasteiger partial charge >= 0.3 is 5.97 Å². The molecule has 5 nitrogen and oxygen atoms in total. The van der Waals surface area contributed by atoms with Crippen LogP contribution in [0.2, 0.25) is 0 Å². The minimum Gasteiger partial charge on any atom is -0.480 e. The molecule has 1 rings (SSSR count). The minimum atomic E-state index is -1.06. The van der Waals surface area contributed by atoms with E-state index in [2.05, 4.69) is 10.3 Å². The van der Waals surface area contributed by atoms with E-state index < -0.39 is 12.0 Å². The van der Waals surface area contributed by atoms with Crippen LogP contribution in [0.1, 0.15) is 11.6 Å². The maximum absolute atomic E-state index is 10.5. The first kappa shape index (κ1) is 9.47. The SMILES string of the molecule is CNc1ccc(C(N)C(=O)O)cn1. The van der Waals surface area contributed by atoms with Crippen molar-refractivity contribution in [1.29, 1.82) is 0 Å². The lowest BCUT2D eigenvalue weighted by molar-refractivity contribution is -0.138. The molecule has 0 spiro atoms. The van der Waals surface area contributed by atoms with Gasteiger partial charge in [0.05, 0.1) is 0 Å². The second-order valence-electron chi connectivity index (χ2n) is 2.54. The van der Waals surface area contributed by atoms with Gasteiger partial charge in [-0.05, 0) is 11.6 Å². The molecule has 1 aromatic heterocycles. The molecule has 0 aromatic carbocycles. The number of nitrogens with two attached hydrogens (primary N) is 1. The largest absolute Gasteiger partial charge is 0.480 e. The lowest BCUT2D eigenvalue weighted by Crippen LogP contribution is -2.20. The average Bonchev–Trinajstić information content (AvgIpc) is 2.17. The molecule has 1 atom stereocenters. The standard InChI is InChI=1S/C8H11N3O2/c1-10-6-3-2-5(4-11-6)7(9)8(12)13/h2-4,7H,9H2,1H3,(H,10,11)(H,12,13). The molecule has 13 heavy (non-hydrogen) atoms. The summed E-state index contributed by atoms with van der Waals surface area (Å²) in [6, 6.07) is 2.31.